The molecule has 0 aliphatic rings. The first-order valence-corrected chi connectivity index (χ1v) is 7.91. The summed E-state index contributed by atoms with van der Waals surface area (Å²) in [6.45, 7) is 2.49. The van der Waals surface area contributed by atoms with Crippen molar-refractivity contribution >= 4 is 27.3 Å². The van der Waals surface area contributed by atoms with Gasteiger partial charge in [0.1, 0.15) is 10.7 Å². The largest absolute Gasteiger partial charge is 0.396 e. The summed E-state index contributed by atoms with van der Waals surface area (Å²) >= 11 is 5.77. The number of hydrogen-bond acceptors (Lipinski definition) is 4. The molecule has 1 aromatic rings. The molecule has 8 heteroatoms. The van der Waals surface area contributed by atoms with Gasteiger partial charge in [0.05, 0.1) is 10.7 Å². The fourth-order valence-corrected chi connectivity index (χ4v) is 3.42. The maximum Gasteiger partial charge on any atom is 0.242 e. The third kappa shape index (κ3) is 4.59. The lowest BCUT2D eigenvalue weighted by molar-refractivity contribution is 0.379. The van der Waals surface area contributed by atoms with E-state index < -0.39 is 15.8 Å². The topological polar surface area (TPSA) is 75.4 Å². The average molecular weight is 324 g/mol. The Morgan fingerprint density at radius 2 is 2.05 bits per heavy atom. The van der Waals surface area contributed by atoms with Gasteiger partial charge in [-0.1, -0.05) is 11.6 Å². The number of nitrogens with zero attached hydrogens (tertiary/aromatic N) is 1. The van der Waals surface area contributed by atoms with Crippen molar-refractivity contribution in [2.24, 2.45) is 0 Å². The van der Waals surface area contributed by atoms with Gasteiger partial charge in [-0.05, 0) is 46.1 Å². The molecule has 0 saturated carbocycles. The Balaban J connectivity index is 2.92. The van der Waals surface area contributed by atoms with Crippen molar-refractivity contribution in [3.05, 3.63) is 23.0 Å². The van der Waals surface area contributed by atoms with Gasteiger partial charge in [-0.3, -0.25) is 0 Å². The number of sulfonamides is 1. The van der Waals surface area contributed by atoms with Crippen molar-refractivity contribution in [2.75, 3.05) is 26.4 Å². The number of anilines is 1. The van der Waals surface area contributed by atoms with Crippen molar-refractivity contribution in [3.63, 3.8) is 0 Å². The minimum absolute atomic E-state index is 0.191. The summed E-state index contributed by atoms with van der Waals surface area (Å²) in [7, 11) is -0.0214. The van der Waals surface area contributed by atoms with Crippen LogP contribution >= 0.6 is 11.6 Å². The second kappa shape index (κ2) is 6.71. The van der Waals surface area contributed by atoms with Gasteiger partial charge in [0, 0.05) is 6.04 Å². The maximum atomic E-state index is 13.2. The Bertz CT molecular complexity index is 578. The smallest absolute Gasteiger partial charge is 0.242 e. The highest BCUT2D eigenvalue weighted by Gasteiger charge is 2.22. The van der Waals surface area contributed by atoms with Gasteiger partial charge in [-0.2, -0.15) is 0 Å². The highest BCUT2D eigenvalue weighted by Crippen LogP contribution is 2.26. The summed E-state index contributed by atoms with van der Waals surface area (Å²) in [6.07, 6.45) is 0.639. The number of benzene rings is 1. The number of hydrogen-bond donors (Lipinski definition) is 2. The lowest BCUT2D eigenvalue weighted by Gasteiger charge is -2.17. The molecule has 20 heavy (non-hydrogen) atoms. The van der Waals surface area contributed by atoms with Gasteiger partial charge < -0.3 is 10.6 Å². The maximum absolute atomic E-state index is 13.2. The van der Waals surface area contributed by atoms with Crippen LogP contribution in [-0.2, 0) is 10.0 Å². The molecule has 1 atom stereocenters. The first-order valence-electron chi connectivity index (χ1n) is 6.05. The van der Waals surface area contributed by atoms with Crippen LogP contribution in [0.2, 0.25) is 5.02 Å². The van der Waals surface area contributed by atoms with Gasteiger partial charge >= 0.3 is 0 Å². The second-order valence-electron chi connectivity index (χ2n) is 4.92. The molecular weight excluding hydrogens is 305 g/mol. The molecule has 0 saturated heterocycles. The monoisotopic (exact) mass is 323 g/mol. The summed E-state index contributed by atoms with van der Waals surface area (Å²) in [5.74, 6) is -0.741. The van der Waals surface area contributed by atoms with E-state index in [0.29, 0.717) is 6.42 Å². The minimum atomic E-state index is -3.82. The van der Waals surface area contributed by atoms with E-state index in [0.717, 1.165) is 18.7 Å². The molecule has 0 heterocycles. The lowest BCUT2D eigenvalue weighted by atomic mass is 10.2. The molecule has 0 amide bonds. The summed E-state index contributed by atoms with van der Waals surface area (Å²) in [5.41, 5.74) is 5.13. The van der Waals surface area contributed by atoms with Gasteiger partial charge in [-0.25, -0.2) is 17.5 Å². The van der Waals surface area contributed by atoms with Crippen LogP contribution < -0.4 is 10.5 Å². The fourth-order valence-electron chi connectivity index (χ4n) is 1.59. The molecule has 0 bridgehead atoms. The molecule has 0 fully saturated rings. The van der Waals surface area contributed by atoms with Crippen LogP contribution in [0.25, 0.3) is 0 Å². The van der Waals surface area contributed by atoms with E-state index >= 15 is 0 Å². The van der Waals surface area contributed by atoms with E-state index in [9.17, 15) is 12.8 Å². The molecule has 0 aliphatic heterocycles. The van der Waals surface area contributed by atoms with Crippen molar-refractivity contribution in [1.29, 1.82) is 0 Å². The molecule has 3 N–H and O–H groups in total. The normalized spacial score (nSPS) is 13.7. The molecule has 114 valence electrons. The molecule has 5 nitrogen and oxygen atoms in total. The van der Waals surface area contributed by atoms with E-state index in [1.54, 1.807) is 6.92 Å². The Morgan fingerprint density at radius 1 is 1.45 bits per heavy atom. The fraction of sp³-hybridized carbons (Fsp3) is 0.500. The van der Waals surface area contributed by atoms with Crippen LogP contribution in [0.1, 0.15) is 13.3 Å². The first-order chi connectivity index (χ1) is 9.13. The number of halogens is 2. The number of nitrogens with one attached hydrogen (secondary N) is 1. The number of nitrogen functional groups attached to an aromatic ring is 1. The van der Waals surface area contributed by atoms with Gasteiger partial charge in [0.2, 0.25) is 10.0 Å². The Labute approximate surface area is 124 Å². The van der Waals surface area contributed by atoms with E-state index in [2.05, 4.69) is 4.72 Å². The van der Waals surface area contributed by atoms with Crippen LogP contribution in [0.4, 0.5) is 10.1 Å². The summed E-state index contributed by atoms with van der Waals surface area (Å²) < 4.78 is 40.1. The third-order valence-corrected chi connectivity index (χ3v) is 4.76. The summed E-state index contributed by atoms with van der Waals surface area (Å²) in [5, 5.41) is -0.191. The third-order valence-electron chi connectivity index (χ3n) is 2.71. The van der Waals surface area contributed by atoms with E-state index in [4.69, 9.17) is 17.3 Å². The molecule has 1 aromatic carbocycles. The number of rotatable bonds is 6. The van der Waals surface area contributed by atoms with Crippen molar-refractivity contribution in [3.8, 4) is 0 Å². The van der Waals surface area contributed by atoms with Crippen LogP contribution in [0.3, 0.4) is 0 Å². The first kappa shape index (κ1) is 17.2. The molecule has 1 rings (SSSR count). The second-order valence-corrected chi connectivity index (χ2v) is 7.01. The van der Waals surface area contributed by atoms with E-state index in [1.807, 2.05) is 19.0 Å². The predicted molar refractivity (Wildman–Crippen MR) is 78.8 cm³/mol. The quantitative estimate of drug-likeness (QED) is 0.781. The van der Waals surface area contributed by atoms with Gasteiger partial charge in [0.25, 0.3) is 0 Å². The Hall–Kier alpha value is -0.890. The zero-order valence-corrected chi connectivity index (χ0v) is 13.2. The van der Waals surface area contributed by atoms with Crippen LogP contribution in [0.5, 0.6) is 0 Å². The molecule has 1 unspecified atom stereocenters. The zero-order valence-electron chi connectivity index (χ0n) is 11.7. The SMILES string of the molecule is CC(CCN(C)C)NS(=O)(=O)c1cc(N)c(F)cc1Cl. The Morgan fingerprint density at radius 3 is 2.60 bits per heavy atom. The van der Waals surface area contributed by atoms with Crippen molar-refractivity contribution in [1.82, 2.24) is 9.62 Å². The standard InChI is InChI=1S/C12H19ClFN3O2S/c1-8(4-5-17(2)3)16-20(18,19)12-7-11(15)10(14)6-9(12)13/h6-8,16H,4-5,15H2,1-3H3. The highest BCUT2D eigenvalue weighted by atomic mass is 35.5. The van der Waals surface area contributed by atoms with Crippen molar-refractivity contribution in [2.45, 2.75) is 24.3 Å². The van der Waals surface area contributed by atoms with E-state index in [1.165, 1.54) is 0 Å². The van der Waals surface area contributed by atoms with Gasteiger partial charge in [0.15, 0.2) is 0 Å². The summed E-state index contributed by atoms with van der Waals surface area (Å²) in [6, 6.07) is 1.65. The molecule has 0 radical (unpaired) electrons. The summed E-state index contributed by atoms with van der Waals surface area (Å²) in [4.78, 5) is 1.74. The lowest BCUT2D eigenvalue weighted by Crippen LogP contribution is -2.35. The van der Waals surface area contributed by atoms with Crippen LogP contribution in [0.15, 0.2) is 17.0 Å². The van der Waals surface area contributed by atoms with E-state index in [-0.39, 0.29) is 21.6 Å². The van der Waals surface area contributed by atoms with Crippen LogP contribution in [-0.4, -0.2) is 40.0 Å². The molecule has 0 aromatic heterocycles. The number of nitrogens with two attached hydrogens (primary N) is 1. The molecule has 0 spiro atoms. The molecular formula is C12H19ClFN3O2S. The minimum Gasteiger partial charge on any atom is -0.396 e. The highest BCUT2D eigenvalue weighted by molar-refractivity contribution is 7.89. The van der Waals surface area contributed by atoms with Crippen LogP contribution in [0, 0.1) is 5.82 Å². The predicted octanol–water partition coefficient (Wildman–Crippen LogP) is 1.68. The zero-order chi connectivity index (χ0) is 15.5. The van der Waals surface area contributed by atoms with Gasteiger partial charge in [-0.15, -0.1) is 0 Å². The molecule has 0 aliphatic carbocycles. The average Bonchev–Trinajstić information content (AvgIpc) is 2.30. The van der Waals surface area contributed by atoms with Crippen molar-refractivity contribution < 1.29 is 12.8 Å². The Kier molecular flexibility index (Phi) is 5.76.